The van der Waals surface area contributed by atoms with Crippen molar-refractivity contribution < 1.29 is 32.9 Å². The summed E-state index contributed by atoms with van der Waals surface area (Å²) in [5.74, 6) is -1.74. The third-order valence-corrected chi connectivity index (χ3v) is 14.0. The monoisotopic (exact) mass is 970 g/mol. The molecule has 0 aromatic heterocycles. The standard InChI is InChI=1S/C48H55ClN8O8S2/c1-53(2)25-24-38(33-66-39-11-4-3-5-12-39)51-42-22-21-40(31-44(42)57(62)63)67(64,65)52-48(60)35-18-23-43(45(30-35)56(61)47(59)15-9-8-14-46(50)58)55-28-26-54(27-29-55)32-36-10-6-7-13-41(36)34-16-19-37(49)20-17-34/h3-7,10-13,16-23,30-31,38,51,61H,8-9,14-15,24-29,32-33H2,1-2H3,(H2,50,58)(H,52,60)/t38-/m1/s1. The number of nitrogens with zero attached hydrogens (tertiary/aromatic N) is 5. The number of piperazine rings is 1. The molecular formula is C48H55ClN8O8S2. The molecule has 5 aromatic rings. The first-order valence-corrected chi connectivity index (χ1v) is 24.6. The van der Waals surface area contributed by atoms with Crippen molar-refractivity contribution in [2.24, 2.45) is 5.73 Å². The molecule has 3 amide bonds. The van der Waals surface area contributed by atoms with Crippen LogP contribution >= 0.6 is 23.4 Å². The third kappa shape index (κ3) is 14.2. The van der Waals surface area contributed by atoms with Crippen molar-refractivity contribution in [2.75, 3.05) is 67.9 Å². The van der Waals surface area contributed by atoms with Gasteiger partial charge < -0.3 is 20.9 Å². The van der Waals surface area contributed by atoms with E-state index >= 15 is 0 Å². The van der Waals surface area contributed by atoms with Gasteiger partial charge in [-0.25, -0.2) is 13.1 Å². The Morgan fingerprint density at radius 3 is 2.27 bits per heavy atom. The third-order valence-electron chi connectivity index (χ3n) is 11.2. The largest absolute Gasteiger partial charge is 0.376 e. The molecule has 1 aliphatic rings. The summed E-state index contributed by atoms with van der Waals surface area (Å²) >= 11 is 7.74. The number of unbranched alkanes of at least 4 members (excludes halogenated alkanes) is 1. The minimum atomic E-state index is -4.68. The Hall–Kier alpha value is -6.02. The highest BCUT2D eigenvalue weighted by atomic mass is 35.5. The van der Waals surface area contributed by atoms with Gasteiger partial charge in [0, 0.05) is 78.9 Å². The lowest BCUT2D eigenvalue weighted by molar-refractivity contribution is -0.384. The van der Waals surface area contributed by atoms with Gasteiger partial charge >= 0.3 is 0 Å². The molecular weight excluding hydrogens is 916 g/mol. The number of primary amides is 1. The Morgan fingerprint density at radius 1 is 0.896 bits per heavy atom. The Morgan fingerprint density at radius 2 is 1.58 bits per heavy atom. The zero-order valence-electron chi connectivity index (χ0n) is 37.3. The molecule has 1 heterocycles. The maximum Gasteiger partial charge on any atom is 0.293 e. The number of nitro groups is 1. The number of anilines is 3. The Bertz CT molecular complexity index is 2630. The second-order valence-electron chi connectivity index (χ2n) is 16.4. The first-order valence-electron chi connectivity index (χ1n) is 21.8. The molecule has 0 unspecified atom stereocenters. The van der Waals surface area contributed by atoms with Crippen LogP contribution in [0.4, 0.5) is 22.7 Å². The molecule has 354 valence electrons. The molecule has 0 saturated carbocycles. The Kier molecular flexibility index (Phi) is 17.8. The van der Waals surface area contributed by atoms with E-state index in [0.29, 0.717) is 73.6 Å². The van der Waals surface area contributed by atoms with Crippen molar-refractivity contribution in [1.82, 2.24) is 14.5 Å². The molecule has 5 aromatic carbocycles. The van der Waals surface area contributed by atoms with Crippen LogP contribution in [0.25, 0.3) is 11.1 Å². The molecule has 1 saturated heterocycles. The second-order valence-corrected chi connectivity index (χ2v) is 19.6. The number of amides is 3. The molecule has 0 bridgehead atoms. The number of sulfonamides is 1. The summed E-state index contributed by atoms with van der Waals surface area (Å²) in [6.45, 7) is 3.57. The molecule has 0 aliphatic carbocycles. The number of nitro benzene ring substituents is 1. The van der Waals surface area contributed by atoms with E-state index in [1.54, 1.807) is 17.8 Å². The van der Waals surface area contributed by atoms with Gasteiger partial charge in [0.1, 0.15) is 5.69 Å². The van der Waals surface area contributed by atoms with Gasteiger partial charge in [0.25, 0.3) is 27.5 Å². The van der Waals surface area contributed by atoms with Crippen LogP contribution in [0.15, 0.2) is 125 Å². The van der Waals surface area contributed by atoms with Crippen LogP contribution in [0, 0.1) is 10.1 Å². The lowest BCUT2D eigenvalue weighted by atomic mass is 9.99. The first-order chi connectivity index (χ1) is 32.1. The van der Waals surface area contributed by atoms with Crippen molar-refractivity contribution in [3.63, 3.8) is 0 Å². The molecule has 19 heteroatoms. The fraction of sp³-hybridized carbons (Fsp3) is 0.312. The highest BCUT2D eigenvalue weighted by Gasteiger charge is 2.29. The topological polar surface area (TPSA) is 212 Å². The summed E-state index contributed by atoms with van der Waals surface area (Å²) < 4.78 is 29.5. The van der Waals surface area contributed by atoms with E-state index in [1.165, 1.54) is 24.3 Å². The van der Waals surface area contributed by atoms with Crippen LogP contribution in [0.3, 0.4) is 0 Å². The summed E-state index contributed by atoms with van der Waals surface area (Å²) in [6, 6.07) is 32.9. The lowest BCUT2D eigenvalue weighted by Gasteiger charge is -2.37. The fourth-order valence-electron chi connectivity index (χ4n) is 7.61. The predicted octanol–water partition coefficient (Wildman–Crippen LogP) is 7.65. The Labute approximate surface area is 400 Å². The average molecular weight is 972 g/mol. The zero-order chi connectivity index (χ0) is 48.1. The molecule has 0 spiro atoms. The number of hydroxylamine groups is 1. The van der Waals surface area contributed by atoms with Crippen LogP contribution in [-0.2, 0) is 26.2 Å². The number of benzene rings is 5. The van der Waals surface area contributed by atoms with Crippen molar-refractivity contribution in [1.29, 1.82) is 0 Å². The van der Waals surface area contributed by atoms with Crippen LogP contribution in [-0.4, -0.2) is 105 Å². The molecule has 1 aliphatic heterocycles. The van der Waals surface area contributed by atoms with Gasteiger partial charge in [-0.15, -0.1) is 11.8 Å². The number of nitrogens with two attached hydrogens (primary N) is 1. The number of halogens is 1. The summed E-state index contributed by atoms with van der Waals surface area (Å²) in [6.07, 6.45) is 1.15. The maximum atomic E-state index is 13.8. The summed E-state index contributed by atoms with van der Waals surface area (Å²) in [7, 11) is -0.822. The van der Waals surface area contributed by atoms with Crippen molar-refractivity contribution >= 4 is 73.9 Å². The number of carbonyl (C=O) groups excluding carboxylic acids is 3. The summed E-state index contributed by atoms with van der Waals surface area (Å²) in [5, 5.41) is 28.1. The van der Waals surface area contributed by atoms with Crippen LogP contribution in [0.2, 0.25) is 5.02 Å². The van der Waals surface area contributed by atoms with Crippen molar-refractivity contribution in [3.8, 4) is 11.1 Å². The molecule has 67 heavy (non-hydrogen) atoms. The van der Waals surface area contributed by atoms with E-state index in [1.807, 2.05) is 95.3 Å². The van der Waals surface area contributed by atoms with E-state index in [4.69, 9.17) is 17.3 Å². The van der Waals surface area contributed by atoms with Gasteiger partial charge in [0.15, 0.2) is 0 Å². The Balaban J connectivity index is 1.19. The van der Waals surface area contributed by atoms with E-state index in [2.05, 4.69) is 22.3 Å². The predicted molar refractivity (Wildman–Crippen MR) is 263 cm³/mol. The average Bonchev–Trinajstić information content (AvgIpc) is 3.31. The lowest BCUT2D eigenvalue weighted by Crippen LogP contribution is -2.46. The molecule has 1 atom stereocenters. The van der Waals surface area contributed by atoms with Gasteiger partial charge in [-0.1, -0.05) is 66.2 Å². The normalized spacial score (nSPS) is 13.5. The highest BCUT2D eigenvalue weighted by molar-refractivity contribution is 7.99. The van der Waals surface area contributed by atoms with Crippen LogP contribution < -0.4 is 25.7 Å². The minimum Gasteiger partial charge on any atom is -0.376 e. The van der Waals surface area contributed by atoms with E-state index < -0.39 is 43.3 Å². The highest BCUT2D eigenvalue weighted by Crippen LogP contribution is 2.34. The SMILES string of the molecule is CN(C)CC[C@H](CSc1ccccc1)Nc1ccc(S(=O)(=O)NC(=O)c2ccc(N3CCN(Cc4ccccc4-c4ccc(Cl)cc4)CC3)c(N(O)C(=O)CCCCC(N)=O)c2)cc1[N+](=O)[O-]. The van der Waals surface area contributed by atoms with Crippen molar-refractivity contribution in [3.05, 3.63) is 142 Å². The van der Waals surface area contributed by atoms with E-state index in [9.17, 15) is 38.1 Å². The number of carbonyl (C=O) groups is 3. The minimum absolute atomic E-state index is 0.0493. The smallest absolute Gasteiger partial charge is 0.293 e. The van der Waals surface area contributed by atoms with Gasteiger partial charge in [-0.2, -0.15) is 5.06 Å². The molecule has 16 nitrogen and oxygen atoms in total. The van der Waals surface area contributed by atoms with Crippen LogP contribution in [0.1, 0.15) is 48.0 Å². The summed E-state index contributed by atoms with van der Waals surface area (Å²) in [4.78, 5) is 56.9. The molecule has 5 N–H and O–H groups in total. The quantitative estimate of drug-likeness (QED) is 0.0173. The maximum absolute atomic E-state index is 13.8. The number of rotatable bonds is 22. The van der Waals surface area contributed by atoms with Crippen LogP contribution in [0.5, 0.6) is 0 Å². The van der Waals surface area contributed by atoms with E-state index in [0.717, 1.165) is 27.7 Å². The number of hydrogen-bond donors (Lipinski definition) is 4. The second kappa shape index (κ2) is 23.6. The van der Waals surface area contributed by atoms with Gasteiger partial charge in [-0.3, -0.25) is 34.6 Å². The van der Waals surface area contributed by atoms with Crippen molar-refractivity contribution in [2.45, 2.75) is 54.5 Å². The fourth-order valence-corrected chi connectivity index (χ4v) is 9.72. The van der Waals surface area contributed by atoms with E-state index in [-0.39, 0.29) is 42.2 Å². The van der Waals surface area contributed by atoms with Gasteiger partial charge in [0.2, 0.25) is 5.91 Å². The molecule has 1 fully saturated rings. The molecule has 0 radical (unpaired) electrons. The van der Waals surface area contributed by atoms with Gasteiger partial charge in [0.05, 0.1) is 21.2 Å². The van der Waals surface area contributed by atoms with Gasteiger partial charge in [-0.05, 0) is 111 Å². The zero-order valence-corrected chi connectivity index (χ0v) is 39.7. The summed E-state index contributed by atoms with van der Waals surface area (Å²) in [5.41, 5.74) is 8.34. The first kappa shape index (κ1) is 50.4. The number of thioether (sulfide) groups is 1. The molecule has 6 rings (SSSR count). The number of hydrogen-bond acceptors (Lipinski definition) is 13. The number of nitrogens with one attached hydrogen (secondary N) is 2.